The van der Waals surface area contributed by atoms with Gasteiger partial charge < -0.3 is 9.47 Å². The summed E-state index contributed by atoms with van der Waals surface area (Å²) in [5, 5.41) is 0. The molecule has 9 heteroatoms. The number of carbonyl (C=O) groups excluding carboxylic acids is 1. The van der Waals surface area contributed by atoms with Crippen LogP contribution in [0.2, 0.25) is 0 Å². The lowest BCUT2D eigenvalue weighted by molar-refractivity contribution is -0.364. The number of halogens is 5. The molecule has 0 aromatic carbocycles. The first-order chi connectivity index (χ1) is 6.65. The van der Waals surface area contributed by atoms with Gasteiger partial charge in [0.1, 0.15) is 6.61 Å². The largest absolute Gasteiger partial charge is 0.465 e. The Bertz CT molecular complexity index is 275. The smallest absolute Gasteiger partial charge is 0.455 e. The van der Waals surface area contributed by atoms with Gasteiger partial charge in [0, 0.05) is 0 Å². The maximum absolute atomic E-state index is 12.4. The lowest BCUT2D eigenvalue weighted by Crippen LogP contribution is -2.54. The third kappa shape index (κ3) is 1.88. The van der Waals surface area contributed by atoms with Crippen LogP contribution in [0.1, 0.15) is 0 Å². The molecule has 0 aromatic heterocycles. The van der Waals surface area contributed by atoms with Gasteiger partial charge in [0.2, 0.25) is 0 Å². The Morgan fingerprint density at radius 3 is 2.20 bits per heavy atom. The average molecular weight is 236 g/mol. The first kappa shape index (κ1) is 12.1. The lowest BCUT2D eigenvalue weighted by Gasteiger charge is -2.26. The molecule has 0 amide bonds. The molecule has 15 heavy (non-hydrogen) atoms. The zero-order chi connectivity index (χ0) is 11.9. The SMILES string of the molecule is COC(=O)C1(C(F)(F)F)OCC(F)(F)O1. The molecule has 1 fully saturated rings. The topological polar surface area (TPSA) is 44.8 Å². The van der Waals surface area contributed by atoms with Crippen molar-refractivity contribution in [1.82, 2.24) is 0 Å². The van der Waals surface area contributed by atoms with Crippen molar-refractivity contribution in [2.75, 3.05) is 13.7 Å². The van der Waals surface area contributed by atoms with Crippen LogP contribution in [-0.4, -0.2) is 37.8 Å². The Balaban J connectivity index is 3.06. The number of methoxy groups -OCH3 is 1. The molecular formula is C6H5F5O4. The first-order valence-corrected chi connectivity index (χ1v) is 3.52. The van der Waals surface area contributed by atoms with E-state index in [1.165, 1.54) is 0 Å². The number of esters is 1. The van der Waals surface area contributed by atoms with Crippen LogP contribution in [0.3, 0.4) is 0 Å². The van der Waals surface area contributed by atoms with E-state index in [4.69, 9.17) is 0 Å². The third-order valence-corrected chi connectivity index (χ3v) is 1.56. The molecule has 1 atom stereocenters. The molecule has 1 rings (SSSR count). The van der Waals surface area contributed by atoms with E-state index in [2.05, 4.69) is 14.2 Å². The molecule has 1 aliphatic rings. The van der Waals surface area contributed by atoms with Crippen LogP contribution < -0.4 is 0 Å². The molecule has 1 saturated heterocycles. The van der Waals surface area contributed by atoms with Gasteiger partial charge in [0.25, 0.3) is 0 Å². The lowest BCUT2D eigenvalue weighted by atomic mass is 10.3. The molecule has 1 unspecified atom stereocenters. The third-order valence-electron chi connectivity index (χ3n) is 1.56. The Morgan fingerprint density at radius 1 is 1.40 bits per heavy atom. The summed E-state index contributed by atoms with van der Waals surface area (Å²) in [6.07, 6.45) is -9.62. The van der Waals surface area contributed by atoms with Gasteiger partial charge in [-0.25, -0.2) is 4.79 Å². The Kier molecular flexibility index (Phi) is 2.64. The second-order valence-electron chi connectivity index (χ2n) is 2.63. The van der Waals surface area contributed by atoms with Crippen LogP contribution in [0, 0.1) is 0 Å². The van der Waals surface area contributed by atoms with Crippen molar-refractivity contribution >= 4 is 5.97 Å². The molecule has 0 N–H and O–H groups in total. The van der Waals surface area contributed by atoms with Gasteiger partial charge in [-0.15, -0.1) is 0 Å². The van der Waals surface area contributed by atoms with E-state index < -0.39 is 30.6 Å². The fraction of sp³-hybridized carbons (Fsp3) is 0.833. The number of hydrogen-bond acceptors (Lipinski definition) is 4. The van der Waals surface area contributed by atoms with Gasteiger partial charge in [0.05, 0.1) is 7.11 Å². The van der Waals surface area contributed by atoms with Crippen molar-refractivity contribution in [3.8, 4) is 0 Å². The predicted molar refractivity (Wildman–Crippen MR) is 32.8 cm³/mol. The first-order valence-electron chi connectivity index (χ1n) is 3.52. The van der Waals surface area contributed by atoms with Crippen molar-refractivity contribution in [1.29, 1.82) is 0 Å². The molecule has 88 valence electrons. The molecule has 0 aromatic rings. The van der Waals surface area contributed by atoms with Crippen molar-refractivity contribution < 1.29 is 41.0 Å². The summed E-state index contributed by atoms with van der Waals surface area (Å²) in [6, 6.07) is 0. The number of ether oxygens (including phenoxy) is 3. The van der Waals surface area contributed by atoms with Crippen LogP contribution in [0.25, 0.3) is 0 Å². The molecule has 1 heterocycles. The minimum absolute atomic E-state index is 0.596. The summed E-state index contributed by atoms with van der Waals surface area (Å²) in [6.45, 7) is -1.67. The minimum Gasteiger partial charge on any atom is -0.465 e. The fourth-order valence-corrected chi connectivity index (χ4v) is 0.945. The Morgan fingerprint density at radius 2 is 1.93 bits per heavy atom. The standard InChI is InChI=1S/C6H5F5O4/c1-13-3(12)5(6(9,10)11)14-2-4(7,8)15-5/h2H2,1H3. The quantitative estimate of drug-likeness (QED) is 0.504. The molecular weight excluding hydrogens is 231 g/mol. The maximum atomic E-state index is 12.4. The van der Waals surface area contributed by atoms with Crippen LogP contribution in [0.5, 0.6) is 0 Å². The highest BCUT2D eigenvalue weighted by molar-refractivity contribution is 5.79. The second-order valence-corrected chi connectivity index (χ2v) is 2.63. The summed E-state index contributed by atoms with van der Waals surface area (Å²) in [7, 11) is 0.596. The molecule has 0 bridgehead atoms. The highest BCUT2D eigenvalue weighted by Gasteiger charge is 2.73. The summed E-state index contributed by atoms with van der Waals surface area (Å²) >= 11 is 0. The maximum Gasteiger partial charge on any atom is 0.455 e. The van der Waals surface area contributed by atoms with Crippen LogP contribution in [0.15, 0.2) is 0 Å². The Labute approximate surface area is 79.9 Å². The van der Waals surface area contributed by atoms with E-state index in [0.29, 0.717) is 7.11 Å². The Hall–Kier alpha value is -0.960. The zero-order valence-electron chi connectivity index (χ0n) is 7.23. The number of rotatable bonds is 1. The number of hydrogen-bond donors (Lipinski definition) is 0. The van der Waals surface area contributed by atoms with E-state index in [1.54, 1.807) is 0 Å². The summed E-state index contributed by atoms with van der Waals surface area (Å²) in [5.74, 6) is -6.11. The number of carbonyl (C=O) groups is 1. The van der Waals surface area contributed by atoms with E-state index in [-0.39, 0.29) is 0 Å². The molecule has 4 nitrogen and oxygen atoms in total. The summed E-state index contributed by atoms with van der Waals surface area (Å²) in [5.41, 5.74) is 0. The van der Waals surface area contributed by atoms with E-state index >= 15 is 0 Å². The van der Waals surface area contributed by atoms with Gasteiger partial charge >= 0.3 is 24.0 Å². The molecule has 0 radical (unpaired) electrons. The van der Waals surface area contributed by atoms with E-state index in [0.717, 1.165) is 0 Å². The molecule has 0 saturated carbocycles. The highest BCUT2D eigenvalue weighted by atomic mass is 19.4. The van der Waals surface area contributed by atoms with Crippen molar-refractivity contribution in [2.45, 2.75) is 18.1 Å². The zero-order valence-corrected chi connectivity index (χ0v) is 7.23. The minimum atomic E-state index is -5.44. The van der Waals surface area contributed by atoms with Crippen LogP contribution in [-0.2, 0) is 19.0 Å². The van der Waals surface area contributed by atoms with Crippen molar-refractivity contribution in [2.24, 2.45) is 0 Å². The van der Waals surface area contributed by atoms with Gasteiger partial charge in [-0.1, -0.05) is 0 Å². The molecule has 0 spiro atoms. The van der Waals surface area contributed by atoms with Gasteiger partial charge in [0.15, 0.2) is 0 Å². The number of alkyl halides is 5. The molecule has 1 aliphatic heterocycles. The highest BCUT2D eigenvalue weighted by Crippen LogP contribution is 2.44. The summed E-state index contributed by atoms with van der Waals surface area (Å²) in [4.78, 5) is 10.7. The predicted octanol–water partition coefficient (Wildman–Crippen LogP) is 1.06. The van der Waals surface area contributed by atoms with Gasteiger partial charge in [-0.05, 0) is 0 Å². The van der Waals surface area contributed by atoms with Crippen LogP contribution in [0.4, 0.5) is 22.0 Å². The second kappa shape index (κ2) is 3.27. The van der Waals surface area contributed by atoms with Crippen molar-refractivity contribution in [3.05, 3.63) is 0 Å². The average Bonchev–Trinajstić information content (AvgIpc) is 2.40. The van der Waals surface area contributed by atoms with Gasteiger partial charge in [-0.3, -0.25) is 4.74 Å². The van der Waals surface area contributed by atoms with Crippen molar-refractivity contribution in [3.63, 3.8) is 0 Å². The fourth-order valence-electron chi connectivity index (χ4n) is 0.945. The monoisotopic (exact) mass is 236 g/mol. The normalized spacial score (nSPS) is 30.3. The van der Waals surface area contributed by atoms with E-state index in [9.17, 15) is 26.7 Å². The van der Waals surface area contributed by atoms with E-state index in [1.807, 2.05) is 0 Å². The van der Waals surface area contributed by atoms with Gasteiger partial charge in [-0.2, -0.15) is 22.0 Å². The summed E-state index contributed by atoms with van der Waals surface area (Å²) < 4.78 is 72.5. The van der Waals surface area contributed by atoms with Crippen LogP contribution >= 0.6 is 0 Å². The molecule has 0 aliphatic carbocycles.